The van der Waals surface area contributed by atoms with Gasteiger partial charge in [0.15, 0.2) is 11.4 Å². The van der Waals surface area contributed by atoms with E-state index in [0.29, 0.717) is 4.88 Å². The second-order valence-corrected chi connectivity index (χ2v) is 4.66. The maximum absolute atomic E-state index is 10.6. The molecule has 1 aliphatic rings. The average molecular weight is 234 g/mol. The van der Waals surface area contributed by atoms with Gasteiger partial charge in [-0.3, -0.25) is 4.79 Å². The highest BCUT2D eigenvalue weighted by Crippen LogP contribution is 2.24. The standard InChI is InChI=1S/C10H10N4OS/c15-7-8-5-12-10(16-8)14-4-3-13-2-1-11-9(13)6-14/h1-2,5,7H,3-4,6H2. The summed E-state index contributed by atoms with van der Waals surface area (Å²) in [5.41, 5.74) is 0. The molecule has 0 fully saturated rings. The van der Waals surface area contributed by atoms with Crippen LogP contribution in [0.25, 0.3) is 0 Å². The number of aldehydes is 1. The highest BCUT2D eigenvalue weighted by atomic mass is 32.1. The van der Waals surface area contributed by atoms with E-state index in [1.807, 2.05) is 12.4 Å². The minimum Gasteiger partial charge on any atom is -0.339 e. The van der Waals surface area contributed by atoms with Crippen molar-refractivity contribution in [1.82, 2.24) is 14.5 Å². The lowest BCUT2D eigenvalue weighted by Crippen LogP contribution is -2.33. The zero-order valence-electron chi connectivity index (χ0n) is 8.54. The number of nitrogens with zero attached hydrogens (tertiary/aromatic N) is 4. The summed E-state index contributed by atoms with van der Waals surface area (Å²) >= 11 is 1.43. The summed E-state index contributed by atoms with van der Waals surface area (Å²) < 4.78 is 2.14. The molecule has 0 spiro atoms. The van der Waals surface area contributed by atoms with Crippen LogP contribution < -0.4 is 4.90 Å². The van der Waals surface area contributed by atoms with E-state index in [1.54, 1.807) is 6.20 Å². The predicted molar refractivity (Wildman–Crippen MR) is 60.8 cm³/mol. The average Bonchev–Trinajstić information content (AvgIpc) is 2.96. The molecule has 0 N–H and O–H groups in total. The van der Waals surface area contributed by atoms with Crippen LogP contribution in [0, 0.1) is 0 Å². The topological polar surface area (TPSA) is 51.0 Å². The largest absolute Gasteiger partial charge is 0.339 e. The molecule has 2 aromatic rings. The summed E-state index contributed by atoms with van der Waals surface area (Å²) in [7, 11) is 0. The first-order chi connectivity index (χ1) is 7.86. The van der Waals surface area contributed by atoms with Crippen LogP contribution in [0.4, 0.5) is 5.13 Å². The number of thiazole rings is 1. The van der Waals surface area contributed by atoms with Crippen LogP contribution in [0.15, 0.2) is 18.6 Å². The van der Waals surface area contributed by atoms with Gasteiger partial charge in [-0.1, -0.05) is 11.3 Å². The summed E-state index contributed by atoms with van der Waals surface area (Å²) in [6.07, 6.45) is 6.27. The summed E-state index contributed by atoms with van der Waals surface area (Å²) in [5.74, 6) is 1.05. The molecule has 3 heterocycles. The molecule has 0 aliphatic carbocycles. The molecule has 0 unspecified atom stereocenters. The maximum Gasteiger partial charge on any atom is 0.186 e. The van der Waals surface area contributed by atoms with E-state index in [-0.39, 0.29) is 0 Å². The van der Waals surface area contributed by atoms with Crippen molar-refractivity contribution in [2.75, 3.05) is 11.4 Å². The lowest BCUT2D eigenvalue weighted by molar-refractivity contribution is 0.112. The Hall–Kier alpha value is -1.69. The summed E-state index contributed by atoms with van der Waals surface area (Å²) in [6.45, 7) is 2.60. The molecule has 82 valence electrons. The normalized spacial score (nSPS) is 14.9. The molecule has 0 atom stereocenters. The fourth-order valence-corrected chi connectivity index (χ4v) is 2.57. The Bertz CT molecular complexity index is 518. The van der Waals surface area contributed by atoms with Gasteiger partial charge in [0.05, 0.1) is 17.6 Å². The zero-order chi connectivity index (χ0) is 11.0. The molecular formula is C10H10N4OS. The summed E-state index contributed by atoms with van der Waals surface area (Å²) in [4.78, 5) is 22.0. The summed E-state index contributed by atoms with van der Waals surface area (Å²) in [5, 5.41) is 0.899. The SMILES string of the molecule is O=Cc1cnc(N2CCn3ccnc3C2)s1. The van der Waals surface area contributed by atoms with Crippen LogP contribution >= 0.6 is 11.3 Å². The molecule has 5 nitrogen and oxygen atoms in total. The maximum atomic E-state index is 10.6. The monoisotopic (exact) mass is 234 g/mol. The number of anilines is 1. The van der Waals surface area contributed by atoms with Crippen molar-refractivity contribution in [1.29, 1.82) is 0 Å². The minimum absolute atomic E-state index is 0.670. The zero-order valence-corrected chi connectivity index (χ0v) is 9.35. The fraction of sp³-hybridized carbons (Fsp3) is 0.300. The van der Waals surface area contributed by atoms with Gasteiger partial charge in [-0.15, -0.1) is 0 Å². The van der Waals surface area contributed by atoms with Crippen LogP contribution in [0.5, 0.6) is 0 Å². The number of aromatic nitrogens is 3. The van der Waals surface area contributed by atoms with Crippen molar-refractivity contribution in [3.63, 3.8) is 0 Å². The molecular weight excluding hydrogens is 224 g/mol. The predicted octanol–water partition coefficient (Wildman–Crippen LogP) is 1.17. The molecule has 6 heteroatoms. The van der Waals surface area contributed by atoms with Gasteiger partial charge in [-0.05, 0) is 0 Å². The molecule has 0 radical (unpaired) electrons. The number of hydrogen-bond donors (Lipinski definition) is 0. The molecule has 1 aliphatic heterocycles. The van der Waals surface area contributed by atoms with E-state index in [1.165, 1.54) is 11.3 Å². The number of imidazole rings is 1. The van der Waals surface area contributed by atoms with Crippen LogP contribution in [0.3, 0.4) is 0 Å². The van der Waals surface area contributed by atoms with Crippen molar-refractivity contribution in [3.05, 3.63) is 29.3 Å². The molecule has 16 heavy (non-hydrogen) atoms. The van der Waals surface area contributed by atoms with Gasteiger partial charge in [-0.25, -0.2) is 9.97 Å². The Balaban J connectivity index is 1.85. The second kappa shape index (κ2) is 3.71. The van der Waals surface area contributed by atoms with Crippen LogP contribution in [0.1, 0.15) is 15.5 Å². The first kappa shape index (κ1) is 9.53. The number of rotatable bonds is 2. The molecule has 0 amide bonds. The Morgan fingerprint density at radius 3 is 3.12 bits per heavy atom. The van der Waals surface area contributed by atoms with Crippen molar-refractivity contribution in [2.45, 2.75) is 13.1 Å². The van der Waals surface area contributed by atoms with Crippen molar-refractivity contribution < 1.29 is 4.79 Å². The smallest absolute Gasteiger partial charge is 0.186 e. The Labute approximate surface area is 96.4 Å². The lowest BCUT2D eigenvalue weighted by Gasteiger charge is -2.26. The summed E-state index contributed by atoms with van der Waals surface area (Å²) in [6, 6.07) is 0. The van der Waals surface area contributed by atoms with Gasteiger partial charge in [0, 0.05) is 25.5 Å². The highest BCUT2D eigenvalue weighted by molar-refractivity contribution is 7.17. The van der Waals surface area contributed by atoms with E-state index in [9.17, 15) is 4.79 Å². The molecule has 0 saturated heterocycles. The third-order valence-electron chi connectivity index (χ3n) is 2.64. The van der Waals surface area contributed by atoms with Gasteiger partial charge in [0.2, 0.25) is 0 Å². The minimum atomic E-state index is 0.670. The van der Waals surface area contributed by atoms with Gasteiger partial charge in [-0.2, -0.15) is 0 Å². The molecule has 0 aromatic carbocycles. The van der Waals surface area contributed by atoms with Gasteiger partial charge in [0.1, 0.15) is 5.82 Å². The Morgan fingerprint density at radius 1 is 1.38 bits per heavy atom. The number of carbonyl (C=O) groups excluding carboxylic acids is 1. The van der Waals surface area contributed by atoms with E-state index in [0.717, 1.165) is 36.9 Å². The molecule has 2 aromatic heterocycles. The van der Waals surface area contributed by atoms with Gasteiger partial charge in [0.25, 0.3) is 0 Å². The lowest BCUT2D eigenvalue weighted by atomic mass is 10.4. The first-order valence-corrected chi connectivity index (χ1v) is 5.84. The first-order valence-electron chi connectivity index (χ1n) is 5.03. The Kier molecular flexibility index (Phi) is 2.21. The third-order valence-corrected chi connectivity index (χ3v) is 3.63. The highest BCUT2D eigenvalue weighted by Gasteiger charge is 2.19. The van der Waals surface area contributed by atoms with Crippen molar-refractivity contribution in [3.8, 4) is 0 Å². The van der Waals surface area contributed by atoms with Crippen molar-refractivity contribution >= 4 is 22.8 Å². The second-order valence-electron chi connectivity index (χ2n) is 3.62. The van der Waals surface area contributed by atoms with Crippen molar-refractivity contribution in [2.24, 2.45) is 0 Å². The Morgan fingerprint density at radius 2 is 2.31 bits per heavy atom. The van der Waals surface area contributed by atoms with E-state index >= 15 is 0 Å². The van der Waals surface area contributed by atoms with Crippen LogP contribution in [0.2, 0.25) is 0 Å². The van der Waals surface area contributed by atoms with E-state index < -0.39 is 0 Å². The number of carbonyl (C=O) groups is 1. The quantitative estimate of drug-likeness (QED) is 0.732. The van der Waals surface area contributed by atoms with E-state index in [4.69, 9.17) is 0 Å². The molecule has 3 rings (SSSR count). The number of hydrogen-bond acceptors (Lipinski definition) is 5. The number of fused-ring (bicyclic) bond motifs is 1. The molecule has 0 bridgehead atoms. The molecule has 0 saturated carbocycles. The van der Waals surface area contributed by atoms with Crippen LogP contribution in [-0.4, -0.2) is 27.4 Å². The van der Waals surface area contributed by atoms with Crippen LogP contribution in [-0.2, 0) is 13.1 Å². The van der Waals surface area contributed by atoms with Gasteiger partial charge >= 0.3 is 0 Å². The van der Waals surface area contributed by atoms with E-state index in [2.05, 4.69) is 19.4 Å². The third kappa shape index (κ3) is 1.51. The fourth-order valence-electron chi connectivity index (χ4n) is 1.81. The van der Waals surface area contributed by atoms with Gasteiger partial charge < -0.3 is 9.47 Å².